The Balaban J connectivity index is 1.83. The van der Waals surface area contributed by atoms with E-state index < -0.39 is 0 Å². The first-order valence-electron chi connectivity index (χ1n) is 5.41. The van der Waals surface area contributed by atoms with Crippen LogP contribution in [0.4, 0.5) is 11.4 Å². The van der Waals surface area contributed by atoms with E-state index in [-0.39, 0.29) is 12.5 Å². The van der Waals surface area contributed by atoms with Gasteiger partial charge in [0, 0.05) is 23.4 Å². The van der Waals surface area contributed by atoms with Gasteiger partial charge in [-0.3, -0.25) is 9.48 Å². The Morgan fingerprint density at radius 1 is 1.33 bits per heavy atom. The first-order valence-corrected chi connectivity index (χ1v) is 6.21. The molecule has 0 bridgehead atoms. The third kappa shape index (κ3) is 3.59. The molecule has 0 spiro atoms. The topological polar surface area (TPSA) is 59.0 Å². The van der Waals surface area contributed by atoms with Crippen molar-refractivity contribution in [2.45, 2.75) is 0 Å². The van der Waals surface area contributed by atoms with E-state index in [1.807, 2.05) is 37.5 Å². The van der Waals surface area contributed by atoms with Crippen molar-refractivity contribution in [2.75, 3.05) is 17.2 Å². The van der Waals surface area contributed by atoms with Gasteiger partial charge >= 0.3 is 0 Å². The third-order valence-corrected chi connectivity index (χ3v) is 2.81. The number of carbonyl (C=O) groups is 1. The second-order valence-corrected chi connectivity index (χ2v) is 4.73. The number of aryl methyl sites for hydroxylation is 1. The summed E-state index contributed by atoms with van der Waals surface area (Å²) in [5.41, 5.74) is 1.60. The molecule has 0 saturated heterocycles. The molecule has 0 aliphatic rings. The predicted octanol–water partition coefficient (Wildman–Crippen LogP) is 2.23. The predicted molar refractivity (Wildman–Crippen MR) is 74.5 cm³/mol. The number of nitrogens with zero attached hydrogens (tertiary/aromatic N) is 2. The lowest BCUT2D eigenvalue weighted by Gasteiger charge is -2.06. The van der Waals surface area contributed by atoms with E-state index >= 15 is 0 Å². The van der Waals surface area contributed by atoms with Crippen LogP contribution in [0.1, 0.15) is 0 Å². The van der Waals surface area contributed by atoms with Crippen molar-refractivity contribution in [3.05, 3.63) is 41.1 Å². The molecule has 94 valence electrons. The molecule has 1 aromatic heterocycles. The fourth-order valence-corrected chi connectivity index (χ4v) is 1.70. The molecule has 0 saturated carbocycles. The van der Waals surface area contributed by atoms with Crippen LogP contribution in [0.5, 0.6) is 0 Å². The second-order valence-electron chi connectivity index (χ2n) is 3.81. The van der Waals surface area contributed by atoms with E-state index in [4.69, 9.17) is 0 Å². The molecule has 0 atom stereocenters. The number of hydrogen-bond donors (Lipinski definition) is 2. The summed E-state index contributed by atoms with van der Waals surface area (Å²) in [7, 11) is 1.83. The molecule has 1 amide bonds. The Bertz CT molecular complexity index is 535. The van der Waals surface area contributed by atoms with Gasteiger partial charge in [0.1, 0.15) is 0 Å². The van der Waals surface area contributed by atoms with Gasteiger partial charge in [-0.05, 0) is 24.3 Å². The normalized spacial score (nSPS) is 10.1. The van der Waals surface area contributed by atoms with Crippen molar-refractivity contribution in [1.29, 1.82) is 0 Å². The second kappa shape index (κ2) is 5.68. The summed E-state index contributed by atoms with van der Waals surface area (Å²) in [4.78, 5) is 11.7. The van der Waals surface area contributed by atoms with E-state index in [9.17, 15) is 4.79 Å². The average molecular weight is 309 g/mol. The molecule has 0 aliphatic heterocycles. The highest BCUT2D eigenvalue weighted by Gasteiger charge is 2.03. The van der Waals surface area contributed by atoms with Gasteiger partial charge in [-0.25, -0.2) is 0 Å². The van der Waals surface area contributed by atoms with Crippen LogP contribution in [-0.2, 0) is 11.8 Å². The minimum absolute atomic E-state index is 0.0961. The molecule has 0 fully saturated rings. The standard InChI is InChI=1S/C12H13BrN4O/c1-17-8-11(6-15-17)14-7-12(18)16-10-4-2-9(13)3-5-10/h2-6,8,14H,7H2,1H3,(H,16,18). The monoisotopic (exact) mass is 308 g/mol. The van der Waals surface area contributed by atoms with Crippen LogP contribution in [0, 0.1) is 0 Å². The van der Waals surface area contributed by atoms with E-state index in [2.05, 4.69) is 31.7 Å². The zero-order valence-electron chi connectivity index (χ0n) is 9.85. The fourth-order valence-electron chi connectivity index (χ4n) is 1.43. The minimum atomic E-state index is -0.0961. The van der Waals surface area contributed by atoms with Crippen LogP contribution in [0.3, 0.4) is 0 Å². The van der Waals surface area contributed by atoms with Crippen LogP contribution >= 0.6 is 15.9 Å². The molecule has 2 aromatic rings. The Morgan fingerprint density at radius 2 is 2.06 bits per heavy atom. The number of benzene rings is 1. The summed E-state index contributed by atoms with van der Waals surface area (Å²) < 4.78 is 2.66. The molecule has 0 radical (unpaired) electrons. The molecule has 2 N–H and O–H groups in total. The molecular formula is C12H13BrN4O. The molecule has 0 aliphatic carbocycles. The highest BCUT2D eigenvalue weighted by molar-refractivity contribution is 9.10. The number of hydrogen-bond acceptors (Lipinski definition) is 3. The van der Waals surface area contributed by atoms with Crippen molar-refractivity contribution in [3.8, 4) is 0 Å². The quantitative estimate of drug-likeness (QED) is 0.910. The lowest BCUT2D eigenvalue weighted by Crippen LogP contribution is -2.21. The summed E-state index contributed by atoms with van der Waals surface area (Å²) in [5.74, 6) is -0.0961. The van der Waals surface area contributed by atoms with E-state index in [0.29, 0.717) is 0 Å². The van der Waals surface area contributed by atoms with Gasteiger partial charge in [-0.1, -0.05) is 15.9 Å². The smallest absolute Gasteiger partial charge is 0.243 e. The van der Waals surface area contributed by atoms with Crippen molar-refractivity contribution in [1.82, 2.24) is 9.78 Å². The summed E-state index contributed by atoms with van der Waals surface area (Å²) in [6, 6.07) is 7.44. The number of aromatic nitrogens is 2. The number of halogens is 1. The van der Waals surface area contributed by atoms with Crippen molar-refractivity contribution in [3.63, 3.8) is 0 Å². The van der Waals surface area contributed by atoms with Crippen LogP contribution in [0.25, 0.3) is 0 Å². The molecule has 18 heavy (non-hydrogen) atoms. The van der Waals surface area contributed by atoms with Gasteiger partial charge in [0.2, 0.25) is 5.91 Å². The number of nitrogens with one attached hydrogen (secondary N) is 2. The molecule has 1 aromatic carbocycles. The fraction of sp³-hybridized carbons (Fsp3) is 0.167. The van der Waals surface area contributed by atoms with Crippen molar-refractivity contribution < 1.29 is 4.79 Å². The lowest BCUT2D eigenvalue weighted by atomic mass is 10.3. The van der Waals surface area contributed by atoms with Crippen LogP contribution < -0.4 is 10.6 Å². The van der Waals surface area contributed by atoms with Crippen LogP contribution in [0.15, 0.2) is 41.1 Å². The molecule has 5 nitrogen and oxygen atoms in total. The molecular weight excluding hydrogens is 296 g/mol. The third-order valence-electron chi connectivity index (χ3n) is 2.29. The van der Waals surface area contributed by atoms with Crippen LogP contribution in [0.2, 0.25) is 0 Å². The van der Waals surface area contributed by atoms with Gasteiger partial charge in [-0.15, -0.1) is 0 Å². The average Bonchev–Trinajstić information content (AvgIpc) is 2.76. The van der Waals surface area contributed by atoms with E-state index in [1.165, 1.54) is 0 Å². The van der Waals surface area contributed by atoms with Gasteiger partial charge in [0.15, 0.2) is 0 Å². The number of carbonyl (C=O) groups excluding carboxylic acids is 1. The maximum atomic E-state index is 11.7. The maximum absolute atomic E-state index is 11.7. The first kappa shape index (κ1) is 12.6. The Hall–Kier alpha value is -1.82. The highest BCUT2D eigenvalue weighted by Crippen LogP contribution is 2.14. The summed E-state index contributed by atoms with van der Waals surface area (Å²) in [5, 5.41) is 9.79. The van der Waals surface area contributed by atoms with Gasteiger partial charge < -0.3 is 10.6 Å². The lowest BCUT2D eigenvalue weighted by molar-refractivity contribution is -0.114. The largest absolute Gasteiger partial charge is 0.374 e. The van der Waals surface area contributed by atoms with E-state index in [1.54, 1.807) is 10.9 Å². The molecule has 6 heteroatoms. The van der Waals surface area contributed by atoms with E-state index in [0.717, 1.165) is 15.8 Å². The summed E-state index contributed by atoms with van der Waals surface area (Å²) in [6.45, 7) is 0.210. The zero-order valence-corrected chi connectivity index (χ0v) is 11.4. The minimum Gasteiger partial charge on any atom is -0.374 e. The van der Waals surface area contributed by atoms with Crippen molar-refractivity contribution in [2.24, 2.45) is 7.05 Å². The Labute approximate surface area is 113 Å². The summed E-state index contributed by atoms with van der Waals surface area (Å²) in [6.07, 6.45) is 3.49. The Morgan fingerprint density at radius 3 is 2.67 bits per heavy atom. The first-order chi connectivity index (χ1) is 8.63. The van der Waals surface area contributed by atoms with Crippen LogP contribution in [-0.4, -0.2) is 22.2 Å². The summed E-state index contributed by atoms with van der Waals surface area (Å²) >= 11 is 3.34. The van der Waals surface area contributed by atoms with Crippen molar-refractivity contribution >= 4 is 33.2 Å². The SMILES string of the molecule is Cn1cc(NCC(=O)Nc2ccc(Br)cc2)cn1. The van der Waals surface area contributed by atoms with Gasteiger partial charge in [0.05, 0.1) is 18.4 Å². The number of rotatable bonds is 4. The molecule has 0 unspecified atom stereocenters. The zero-order chi connectivity index (χ0) is 13.0. The van der Waals surface area contributed by atoms with Gasteiger partial charge in [0.25, 0.3) is 0 Å². The molecule has 1 heterocycles. The highest BCUT2D eigenvalue weighted by atomic mass is 79.9. The van der Waals surface area contributed by atoms with Gasteiger partial charge in [-0.2, -0.15) is 5.10 Å². The Kier molecular flexibility index (Phi) is 3.99. The number of anilines is 2. The maximum Gasteiger partial charge on any atom is 0.243 e. The number of amides is 1. The molecule has 2 rings (SSSR count).